The summed E-state index contributed by atoms with van der Waals surface area (Å²) in [6.07, 6.45) is 28.0. The van der Waals surface area contributed by atoms with Crippen LogP contribution in [0.3, 0.4) is 0 Å². The monoisotopic (exact) mass is 1010 g/mol. The van der Waals surface area contributed by atoms with Crippen molar-refractivity contribution in [1.29, 1.82) is 0 Å². The number of hydrogen-bond donors (Lipinski definition) is 6. The Kier molecular flexibility index (Phi) is 37.6. The summed E-state index contributed by atoms with van der Waals surface area (Å²) in [5.74, 6) is -1.14. The van der Waals surface area contributed by atoms with Gasteiger partial charge in [0.1, 0.15) is 43.2 Å². The summed E-state index contributed by atoms with van der Waals surface area (Å²) in [7, 11) is 0. The van der Waals surface area contributed by atoms with E-state index >= 15 is 0 Å². The molecule has 16 nitrogen and oxygen atoms in total. The van der Waals surface area contributed by atoms with Crippen molar-refractivity contribution >= 4 is 41.3 Å². The molecule has 406 valence electrons. The Hall–Kier alpha value is -2.83. The number of aliphatic hydroxyl groups is 4. The van der Waals surface area contributed by atoms with Gasteiger partial charge >= 0.3 is 11.9 Å². The Labute approximate surface area is 425 Å². The van der Waals surface area contributed by atoms with E-state index in [0.29, 0.717) is 19.3 Å². The van der Waals surface area contributed by atoms with Crippen molar-refractivity contribution in [2.24, 2.45) is 0 Å². The molecule has 2 amide bonds. The SMILES string of the molecule is CCCCCCCCCCCCC(=O)N[C@H](CSC[C@@H](COC(=O)CCCCCCCCCCCC)OC(=O)CCCCCCCCCCCC)C(=O)Nc1cn(CC2OC(O)C(O)C(O)C2O)nn1. The molecule has 1 aromatic rings. The number of anilines is 1. The average Bonchev–Trinajstić information content (AvgIpc) is 3.79. The first-order valence-electron chi connectivity index (χ1n) is 27.8. The molecule has 2 heterocycles. The van der Waals surface area contributed by atoms with E-state index in [-0.39, 0.29) is 61.2 Å². The van der Waals surface area contributed by atoms with Gasteiger partial charge in [0.15, 0.2) is 12.1 Å². The second kappa shape index (κ2) is 41.6. The van der Waals surface area contributed by atoms with Gasteiger partial charge in [0.2, 0.25) is 11.8 Å². The van der Waals surface area contributed by atoms with Crippen molar-refractivity contribution in [2.75, 3.05) is 23.4 Å². The summed E-state index contributed by atoms with van der Waals surface area (Å²) in [5, 5.41) is 53.9. The third-order valence-corrected chi connectivity index (χ3v) is 14.2. The standard InChI is InChI=1S/C53H97N5O11S/c1-4-7-10-13-16-19-22-25-28-31-34-46(59)54-43(52(65)55-45-38-58(57-56-45)37-44-49(62)50(63)51(64)53(66)69-44)41-70-40-42(68-48(61)36-33-30-27-24-21-18-15-12-9-6-3)39-67-47(60)35-32-29-26-23-20-17-14-11-8-5-2/h38,42-44,49-51,53,62-64,66H,4-37,39-41H2,1-3H3,(H,54,59)(H,55,65)/t42-,43-,44?,49?,50?,51?,53?/m1/s1. The number of ether oxygens (including phenoxy) is 3. The Morgan fingerprint density at radius 3 is 1.57 bits per heavy atom. The predicted octanol–water partition coefficient (Wildman–Crippen LogP) is 9.62. The fraction of sp³-hybridized carbons (Fsp3) is 0.887. The van der Waals surface area contributed by atoms with E-state index in [9.17, 15) is 39.6 Å². The quantitative estimate of drug-likeness (QED) is 0.0264. The summed E-state index contributed by atoms with van der Waals surface area (Å²) in [5.41, 5.74) is 0. The largest absolute Gasteiger partial charge is 0.462 e. The van der Waals surface area contributed by atoms with E-state index < -0.39 is 48.8 Å². The Bertz CT molecular complexity index is 1490. The zero-order valence-corrected chi connectivity index (χ0v) is 44.5. The summed E-state index contributed by atoms with van der Waals surface area (Å²) in [6, 6.07) is -1.01. The molecule has 0 radical (unpaired) electrons. The fourth-order valence-corrected chi connectivity index (χ4v) is 9.63. The first kappa shape index (κ1) is 63.3. The minimum absolute atomic E-state index is 0.0449. The molecule has 0 aromatic carbocycles. The van der Waals surface area contributed by atoms with Crippen LogP contribution in [0.15, 0.2) is 6.20 Å². The number of carbonyl (C=O) groups is 4. The Morgan fingerprint density at radius 2 is 1.07 bits per heavy atom. The minimum atomic E-state index is -1.72. The number of rotatable bonds is 45. The third-order valence-electron chi connectivity index (χ3n) is 13.0. The zero-order chi connectivity index (χ0) is 51.0. The van der Waals surface area contributed by atoms with Crippen molar-refractivity contribution in [2.45, 2.75) is 282 Å². The van der Waals surface area contributed by atoms with E-state index in [1.54, 1.807) is 0 Å². The molecular weight excluding hydrogens is 915 g/mol. The molecule has 1 aliphatic rings. The lowest BCUT2D eigenvalue weighted by Gasteiger charge is -2.38. The van der Waals surface area contributed by atoms with Crippen LogP contribution >= 0.6 is 11.8 Å². The van der Waals surface area contributed by atoms with E-state index in [2.05, 4.69) is 41.7 Å². The van der Waals surface area contributed by atoms with Crippen molar-refractivity contribution in [3.8, 4) is 0 Å². The van der Waals surface area contributed by atoms with Gasteiger partial charge in [-0.1, -0.05) is 199 Å². The number of carbonyl (C=O) groups excluding carboxylic acids is 4. The normalized spacial score (nSPS) is 18.9. The second-order valence-corrected chi connectivity index (χ2v) is 20.7. The van der Waals surface area contributed by atoms with Gasteiger partial charge in [0, 0.05) is 30.8 Å². The molecule has 1 saturated heterocycles. The number of aliphatic hydroxyl groups excluding tert-OH is 4. The van der Waals surface area contributed by atoms with Crippen molar-refractivity contribution < 1.29 is 53.8 Å². The van der Waals surface area contributed by atoms with Crippen molar-refractivity contribution in [1.82, 2.24) is 20.3 Å². The van der Waals surface area contributed by atoms with Crippen LogP contribution in [0.5, 0.6) is 0 Å². The fourth-order valence-electron chi connectivity index (χ4n) is 8.60. The van der Waals surface area contributed by atoms with Crippen molar-refractivity contribution in [3.05, 3.63) is 6.20 Å². The lowest BCUT2D eigenvalue weighted by Crippen LogP contribution is -2.58. The van der Waals surface area contributed by atoms with Crippen LogP contribution in [-0.2, 0) is 39.9 Å². The number of aromatic nitrogens is 3. The van der Waals surface area contributed by atoms with Gasteiger partial charge in [-0.25, -0.2) is 4.68 Å². The predicted molar refractivity (Wildman–Crippen MR) is 277 cm³/mol. The molecule has 0 aliphatic carbocycles. The maximum atomic E-state index is 13.8. The molecule has 0 spiro atoms. The molecule has 2 rings (SSSR count). The number of esters is 2. The molecule has 17 heteroatoms. The number of nitrogens with one attached hydrogen (secondary N) is 2. The average molecular weight is 1010 g/mol. The van der Waals surface area contributed by atoms with Crippen molar-refractivity contribution in [3.63, 3.8) is 0 Å². The Balaban J connectivity index is 2.02. The highest BCUT2D eigenvalue weighted by Crippen LogP contribution is 2.22. The lowest BCUT2D eigenvalue weighted by molar-refractivity contribution is -0.284. The number of thioether (sulfide) groups is 1. The van der Waals surface area contributed by atoms with E-state index in [1.165, 1.54) is 145 Å². The van der Waals surface area contributed by atoms with Crippen LogP contribution in [0.25, 0.3) is 0 Å². The van der Waals surface area contributed by atoms with Crippen LogP contribution in [-0.4, -0.2) is 120 Å². The first-order chi connectivity index (χ1) is 34.0. The molecular formula is C53H97N5O11S. The molecule has 1 aliphatic heterocycles. The highest BCUT2D eigenvalue weighted by molar-refractivity contribution is 7.99. The van der Waals surface area contributed by atoms with Crippen LogP contribution in [0, 0.1) is 0 Å². The number of unbranched alkanes of at least 4 members (excludes halogenated alkanes) is 27. The molecule has 0 saturated carbocycles. The summed E-state index contributed by atoms with van der Waals surface area (Å²) in [6.45, 7) is 6.39. The molecule has 0 bridgehead atoms. The smallest absolute Gasteiger partial charge is 0.306 e. The topological polar surface area (TPSA) is 232 Å². The highest BCUT2D eigenvalue weighted by atomic mass is 32.2. The minimum Gasteiger partial charge on any atom is -0.462 e. The molecule has 1 fully saturated rings. The van der Waals surface area contributed by atoms with Gasteiger partial charge in [0.05, 0.1) is 12.7 Å². The molecule has 6 N–H and O–H groups in total. The summed E-state index contributed by atoms with van der Waals surface area (Å²) < 4.78 is 18.1. The van der Waals surface area contributed by atoms with E-state index in [1.807, 2.05) is 0 Å². The van der Waals surface area contributed by atoms with Gasteiger partial charge in [-0.2, -0.15) is 11.8 Å². The lowest BCUT2D eigenvalue weighted by atomic mass is 9.99. The Morgan fingerprint density at radius 1 is 0.614 bits per heavy atom. The summed E-state index contributed by atoms with van der Waals surface area (Å²) in [4.78, 5) is 53.1. The molecule has 70 heavy (non-hydrogen) atoms. The maximum Gasteiger partial charge on any atom is 0.306 e. The second-order valence-electron chi connectivity index (χ2n) is 19.6. The molecule has 1 aromatic heterocycles. The van der Waals surface area contributed by atoms with Crippen LogP contribution in [0.2, 0.25) is 0 Å². The van der Waals surface area contributed by atoms with Crippen LogP contribution < -0.4 is 10.6 Å². The first-order valence-corrected chi connectivity index (χ1v) is 28.9. The number of hydrogen-bond acceptors (Lipinski definition) is 14. The van der Waals surface area contributed by atoms with Gasteiger partial charge in [0.25, 0.3) is 0 Å². The van der Waals surface area contributed by atoms with E-state index in [4.69, 9.17) is 14.2 Å². The van der Waals surface area contributed by atoms with Crippen LogP contribution in [0.1, 0.15) is 233 Å². The highest BCUT2D eigenvalue weighted by Gasteiger charge is 2.43. The van der Waals surface area contributed by atoms with Gasteiger partial charge < -0.3 is 45.3 Å². The summed E-state index contributed by atoms with van der Waals surface area (Å²) >= 11 is 1.30. The number of amides is 2. The van der Waals surface area contributed by atoms with E-state index in [0.717, 1.165) is 57.8 Å². The maximum absolute atomic E-state index is 13.8. The molecule has 7 atom stereocenters. The van der Waals surface area contributed by atoms with Crippen LogP contribution in [0.4, 0.5) is 5.82 Å². The van der Waals surface area contributed by atoms with Gasteiger partial charge in [-0.05, 0) is 19.3 Å². The van der Waals surface area contributed by atoms with Gasteiger partial charge in [-0.3, -0.25) is 19.2 Å². The zero-order valence-electron chi connectivity index (χ0n) is 43.7. The molecule has 5 unspecified atom stereocenters. The number of nitrogens with zero attached hydrogens (tertiary/aromatic N) is 3. The third kappa shape index (κ3) is 30.9. The van der Waals surface area contributed by atoms with Gasteiger partial charge in [-0.15, -0.1) is 5.10 Å².